The maximum absolute atomic E-state index is 11.8. The van der Waals surface area contributed by atoms with Crippen LogP contribution in [0.5, 0.6) is 0 Å². The van der Waals surface area contributed by atoms with Crippen molar-refractivity contribution in [1.29, 1.82) is 0 Å². The van der Waals surface area contributed by atoms with Crippen LogP contribution in [0.15, 0.2) is 12.1 Å². The van der Waals surface area contributed by atoms with Gasteiger partial charge in [-0.1, -0.05) is 18.5 Å². The highest BCUT2D eigenvalue weighted by atomic mass is 35.5. The van der Waals surface area contributed by atoms with Crippen molar-refractivity contribution in [1.82, 2.24) is 10.6 Å². The van der Waals surface area contributed by atoms with Crippen LogP contribution in [0.3, 0.4) is 0 Å². The first-order chi connectivity index (χ1) is 7.67. The first kappa shape index (κ1) is 13.5. The van der Waals surface area contributed by atoms with Gasteiger partial charge in [-0.25, -0.2) is 0 Å². The quantitative estimate of drug-likeness (QED) is 0.824. The fraction of sp³-hybridized carbons (Fsp3) is 0.545. The molecule has 0 aromatic carbocycles. The summed E-state index contributed by atoms with van der Waals surface area (Å²) < 4.78 is 0.756. The summed E-state index contributed by atoms with van der Waals surface area (Å²) >= 11 is 7.31. The number of amides is 1. The Bertz CT molecular complexity index is 340. The molecule has 0 radical (unpaired) electrons. The summed E-state index contributed by atoms with van der Waals surface area (Å²) in [7, 11) is 1.86. The largest absolute Gasteiger partial charge is 0.351 e. The lowest BCUT2D eigenvalue weighted by Crippen LogP contribution is -2.35. The lowest BCUT2D eigenvalue weighted by molar-refractivity contribution is -0.125. The van der Waals surface area contributed by atoms with Gasteiger partial charge in [-0.3, -0.25) is 4.79 Å². The van der Waals surface area contributed by atoms with Gasteiger partial charge in [0.25, 0.3) is 0 Å². The smallest absolute Gasteiger partial charge is 0.224 e. The summed E-state index contributed by atoms with van der Waals surface area (Å²) in [4.78, 5) is 12.8. The van der Waals surface area contributed by atoms with Gasteiger partial charge >= 0.3 is 0 Å². The number of hydrogen-bond donors (Lipinski definition) is 2. The molecule has 16 heavy (non-hydrogen) atoms. The molecule has 0 bridgehead atoms. The molecule has 0 saturated heterocycles. The summed E-state index contributed by atoms with van der Waals surface area (Å²) in [5, 5.41) is 5.94. The Kier molecular flexibility index (Phi) is 5.80. The molecule has 1 aromatic heterocycles. The van der Waals surface area contributed by atoms with E-state index in [9.17, 15) is 4.79 Å². The molecule has 90 valence electrons. The minimum atomic E-state index is 0.0421. The van der Waals surface area contributed by atoms with Gasteiger partial charge in [0.2, 0.25) is 5.91 Å². The van der Waals surface area contributed by atoms with E-state index in [4.69, 9.17) is 11.6 Å². The van der Waals surface area contributed by atoms with E-state index in [0.29, 0.717) is 13.1 Å². The molecule has 0 saturated carbocycles. The fourth-order valence-electron chi connectivity index (χ4n) is 1.43. The third-order valence-electron chi connectivity index (χ3n) is 2.38. The van der Waals surface area contributed by atoms with Gasteiger partial charge in [0.05, 0.1) is 16.8 Å². The lowest BCUT2D eigenvalue weighted by Gasteiger charge is -2.13. The number of nitrogens with one attached hydrogen (secondary N) is 2. The van der Waals surface area contributed by atoms with Crippen molar-refractivity contribution in [2.75, 3.05) is 13.6 Å². The second-order valence-corrected chi connectivity index (χ2v) is 5.39. The van der Waals surface area contributed by atoms with Gasteiger partial charge in [-0.15, -0.1) is 11.3 Å². The topological polar surface area (TPSA) is 41.1 Å². The van der Waals surface area contributed by atoms with Gasteiger partial charge in [0.15, 0.2) is 0 Å². The third kappa shape index (κ3) is 4.12. The van der Waals surface area contributed by atoms with E-state index in [-0.39, 0.29) is 11.8 Å². The highest BCUT2D eigenvalue weighted by Gasteiger charge is 2.14. The maximum atomic E-state index is 11.8. The second-order valence-electron chi connectivity index (χ2n) is 3.59. The number of thiophene rings is 1. The first-order valence-corrected chi connectivity index (χ1v) is 6.53. The Labute approximate surface area is 105 Å². The molecular formula is C11H17ClN2OS. The van der Waals surface area contributed by atoms with Crippen LogP contribution in [0.2, 0.25) is 4.34 Å². The van der Waals surface area contributed by atoms with E-state index in [1.165, 1.54) is 11.3 Å². The summed E-state index contributed by atoms with van der Waals surface area (Å²) in [6.45, 7) is 3.30. The molecule has 5 heteroatoms. The molecular weight excluding hydrogens is 244 g/mol. The molecule has 2 N–H and O–H groups in total. The average molecular weight is 261 g/mol. The SMILES string of the molecule is CCC(CNC)C(=O)NCc1ccc(Cl)s1. The lowest BCUT2D eigenvalue weighted by atomic mass is 10.1. The summed E-state index contributed by atoms with van der Waals surface area (Å²) in [6.07, 6.45) is 0.845. The predicted molar refractivity (Wildman–Crippen MR) is 68.9 cm³/mol. The van der Waals surface area contributed by atoms with Crippen molar-refractivity contribution in [2.45, 2.75) is 19.9 Å². The molecule has 0 aliphatic heterocycles. The van der Waals surface area contributed by atoms with Crippen LogP contribution in [0.4, 0.5) is 0 Å². The zero-order valence-electron chi connectivity index (χ0n) is 9.55. The number of hydrogen-bond acceptors (Lipinski definition) is 3. The number of carbonyl (C=O) groups excluding carboxylic acids is 1. The Morgan fingerprint density at radius 1 is 1.56 bits per heavy atom. The van der Waals surface area contributed by atoms with Crippen LogP contribution in [0.1, 0.15) is 18.2 Å². The summed E-state index contributed by atoms with van der Waals surface area (Å²) in [6, 6.07) is 3.78. The van der Waals surface area contributed by atoms with E-state index in [0.717, 1.165) is 15.6 Å². The zero-order valence-corrected chi connectivity index (χ0v) is 11.1. The van der Waals surface area contributed by atoms with Gasteiger partial charge < -0.3 is 10.6 Å². The Hall–Kier alpha value is -0.580. The molecule has 1 aromatic rings. The maximum Gasteiger partial charge on any atom is 0.224 e. The molecule has 1 rings (SSSR count). The van der Waals surface area contributed by atoms with Crippen molar-refractivity contribution in [3.63, 3.8) is 0 Å². The van der Waals surface area contributed by atoms with Crippen molar-refractivity contribution in [3.8, 4) is 0 Å². The van der Waals surface area contributed by atoms with Crippen LogP contribution in [0.25, 0.3) is 0 Å². The number of carbonyl (C=O) groups is 1. The minimum absolute atomic E-state index is 0.0421. The highest BCUT2D eigenvalue weighted by Crippen LogP contribution is 2.21. The van der Waals surface area contributed by atoms with E-state index >= 15 is 0 Å². The standard InChI is InChI=1S/C11H17ClN2OS/c1-3-8(6-13-2)11(15)14-7-9-4-5-10(12)16-9/h4-5,8,13H,3,6-7H2,1-2H3,(H,14,15). The number of rotatable bonds is 6. The van der Waals surface area contributed by atoms with Crippen LogP contribution in [-0.4, -0.2) is 19.5 Å². The van der Waals surface area contributed by atoms with Crippen LogP contribution < -0.4 is 10.6 Å². The van der Waals surface area contributed by atoms with Gasteiger partial charge in [0, 0.05) is 11.4 Å². The average Bonchev–Trinajstić information content (AvgIpc) is 2.68. The summed E-state index contributed by atoms with van der Waals surface area (Å²) in [5.74, 6) is 0.141. The predicted octanol–water partition coefficient (Wildman–Crippen LogP) is 2.26. The van der Waals surface area contributed by atoms with Crippen LogP contribution in [0, 0.1) is 5.92 Å². The van der Waals surface area contributed by atoms with Gasteiger partial charge in [-0.2, -0.15) is 0 Å². The molecule has 1 heterocycles. The molecule has 1 unspecified atom stereocenters. The van der Waals surface area contributed by atoms with E-state index in [1.54, 1.807) is 0 Å². The van der Waals surface area contributed by atoms with Crippen molar-refractivity contribution < 1.29 is 4.79 Å². The Morgan fingerprint density at radius 2 is 2.31 bits per heavy atom. The van der Waals surface area contributed by atoms with E-state index in [2.05, 4.69) is 10.6 Å². The van der Waals surface area contributed by atoms with E-state index in [1.807, 2.05) is 26.1 Å². The van der Waals surface area contributed by atoms with Crippen molar-refractivity contribution in [2.24, 2.45) is 5.92 Å². The van der Waals surface area contributed by atoms with Crippen LogP contribution >= 0.6 is 22.9 Å². The monoisotopic (exact) mass is 260 g/mol. The molecule has 0 spiro atoms. The number of halogens is 1. The molecule has 0 aliphatic carbocycles. The Morgan fingerprint density at radius 3 is 2.81 bits per heavy atom. The summed E-state index contributed by atoms with van der Waals surface area (Å²) in [5.41, 5.74) is 0. The fourth-order valence-corrected chi connectivity index (χ4v) is 2.46. The molecule has 1 atom stereocenters. The highest BCUT2D eigenvalue weighted by molar-refractivity contribution is 7.16. The normalized spacial score (nSPS) is 12.4. The Balaban J connectivity index is 2.39. The molecule has 0 fully saturated rings. The first-order valence-electron chi connectivity index (χ1n) is 5.33. The second kappa shape index (κ2) is 6.89. The molecule has 3 nitrogen and oxygen atoms in total. The zero-order chi connectivity index (χ0) is 12.0. The molecule has 0 aliphatic rings. The van der Waals surface area contributed by atoms with Crippen molar-refractivity contribution in [3.05, 3.63) is 21.3 Å². The molecule has 1 amide bonds. The van der Waals surface area contributed by atoms with Crippen molar-refractivity contribution >= 4 is 28.8 Å². The van der Waals surface area contributed by atoms with Gasteiger partial charge in [0.1, 0.15) is 0 Å². The van der Waals surface area contributed by atoms with E-state index < -0.39 is 0 Å². The minimum Gasteiger partial charge on any atom is -0.351 e. The van der Waals surface area contributed by atoms with Gasteiger partial charge in [-0.05, 0) is 25.6 Å². The third-order valence-corrected chi connectivity index (χ3v) is 3.61. The van der Waals surface area contributed by atoms with Crippen LogP contribution in [-0.2, 0) is 11.3 Å².